The molecular weight excluding hydrogens is 556 g/mol. The zero-order valence-corrected chi connectivity index (χ0v) is 25.1. The van der Waals surface area contributed by atoms with Gasteiger partial charge in [-0.25, -0.2) is 4.98 Å². The van der Waals surface area contributed by atoms with Crippen molar-refractivity contribution in [3.05, 3.63) is 170 Å². The van der Waals surface area contributed by atoms with Crippen molar-refractivity contribution in [2.24, 2.45) is 0 Å². The Bertz CT molecular complexity index is 2420. The van der Waals surface area contributed by atoms with Crippen LogP contribution < -0.4 is 0 Å². The van der Waals surface area contributed by atoms with Crippen LogP contribution in [0.2, 0.25) is 0 Å². The zero-order chi connectivity index (χ0) is 30.5. The molecule has 1 aliphatic rings. The molecule has 0 saturated heterocycles. The maximum Gasteiger partial charge on any atom is 0.0746 e. The molecule has 2 heteroatoms. The molecule has 0 bridgehead atoms. The van der Waals surface area contributed by atoms with Gasteiger partial charge in [0.15, 0.2) is 0 Å². The molecular formula is C44H28N2. The van der Waals surface area contributed by atoms with E-state index in [0.29, 0.717) is 0 Å². The fraction of sp³-hybridized carbons (Fsp3) is 0. The molecule has 0 spiro atoms. The number of nitrogens with zero attached hydrogens (tertiary/aromatic N) is 2. The van der Waals surface area contributed by atoms with Gasteiger partial charge >= 0.3 is 0 Å². The van der Waals surface area contributed by atoms with E-state index in [1.165, 1.54) is 50.1 Å². The second kappa shape index (κ2) is 10.8. The third kappa shape index (κ3) is 4.27. The lowest BCUT2D eigenvalue weighted by Crippen LogP contribution is -1.98. The van der Waals surface area contributed by atoms with Gasteiger partial charge in [-0.1, -0.05) is 140 Å². The summed E-state index contributed by atoms with van der Waals surface area (Å²) in [5.74, 6) is 0. The summed E-state index contributed by atoms with van der Waals surface area (Å²) >= 11 is 0. The molecule has 8 aromatic rings. The molecule has 0 amide bonds. The molecule has 214 valence electrons. The highest BCUT2D eigenvalue weighted by molar-refractivity contribution is 6.07. The highest BCUT2D eigenvalue weighted by Gasteiger charge is 2.24. The van der Waals surface area contributed by atoms with Crippen LogP contribution in [0.5, 0.6) is 0 Å². The summed E-state index contributed by atoms with van der Waals surface area (Å²) in [6, 6.07) is 56.7. The number of benzene rings is 6. The van der Waals surface area contributed by atoms with Crippen molar-refractivity contribution in [2.75, 3.05) is 0 Å². The molecule has 46 heavy (non-hydrogen) atoms. The van der Waals surface area contributed by atoms with E-state index in [1.807, 2.05) is 18.5 Å². The van der Waals surface area contributed by atoms with Crippen LogP contribution in [0.4, 0.5) is 0 Å². The molecule has 0 aliphatic heterocycles. The summed E-state index contributed by atoms with van der Waals surface area (Å²) in [6.45, 7) is 0. The van der Waals surface area contributed by atoms with Gasteiger partial charge in [-0.2, -0.15) is 0 Å². The van der Waals surface area contributed by atoms with Crippen LogP contribution in [-0.4, -0.2) is 9.97 Å². The van der Waals surface area contributed by atoms with Crippen molar-refractivity contribution in [3.63, 3.8) is 0 Å². The first kappa shape index (κ1) is 26.3. The highest BCUT2D eigenvalue weighted by Crippen LogP contribution is 2.50. The lowest BCUT2D eigenvalue weighted by atomic mass is 9.78. The average molecular weight is 585 g/mol. The molecule has 0 fully saturated rings. The summed E-state index contributed by atoms with van der Waals surface area (Å²) in [5.41, 5.74) is 17.6. The second-order valence-electron chi connectivity index (χ2n) is 11.8. The molecule has 0 unspecified atom stereocenters. The summed E-state index contributed by atoms with van der Waals surface area (Å²) in [7, 11) is 0. The SMILES string of the molecule is c1ccc(-c2cc(-c3cccc(-c4cccc5c4-c4ccccc4-c4ccccc4-c4ccccc4-5)c3)nc3ccncc23)cc1. The normalized spacial score (nSPS) is 11.5. The van der Waals surface area contributed by atoms with Gasteiger partial charge in [0.25, 0.3) is 0 Å². The Balaban J connectivity index is 1.28. The predicted octanol–water partition coefficient (Wildman–Crippen LogP) is 11.6. The third-order valence-electron chi connectivity index (χ3n) is 9.15. The van der Waals surface area contributed by atoms with Gasteiger partial charge in [0.2, 0.25) is 0 Å². The average Bonchev–Trinajstić information content (AvgIpc) is 3.14. The predicted molar refractivity (Wildman–Crippen MR) is 191 cm³/mol. The molecule has 6 aromatic carbocycles. The van der Waals surface area contributed by atoms with E-state index in [9.17, 15) is 0 Å². The Hall–Kier alpha value is -6.12. The van der Waals surface area contributed by atoms with Crippen LogP contribution in [0.3, 0.4) is 0 Å². The standard InChI is InChI=1S/C44H28N2/c1-2-12-29(13-3-1)40-27-43(46-42-24-25-45-28-41(40)42)31-15-10-14-30(26-31)32-22-11-23-39-37-19-7-6-18-35(37)33-16-4-5-17-34(33)36-20-8-9-21-38(36)44(32)39/h1-28H. The van der Waals surface area contributed by atoms with E-state index >= 15 is 0 Å². The van der Waals surface area contributed by atoms with Crippen LogP contribution in [0.25, 0.3) is 88.9 Å². The largest absolute Gasteiger partial charge is 0.264 e. The molecule has 2 aromatic heterocycles. The quantitative estimate of drug-likeness (QED) is 0.206. The van der Waals surface area contributed by atoms with E-state index in [0.717, 1.165) is 38.9 Å². The van der Waals surface area contributed by atoms with E-state index in [-0.39, 0.29) is 0 Å². The van der Waals surface area contributed by atoms with E-state index in [4.69, 9.17) is 4.98 Å². The Morgan fingerprint density at radius 1 is 0.348 bits per heavy atom. The molecule has 0 radical (unpaired) electrons. The Labute approximate surface area is 268 Å². The van der Waals surface area contributed by atoms with Crippen molar-refractivity contribution in [1.29, 1.82) is 0 Å². The molecule has 0 saturated carbocycles. The van der Waals surface area contributed by atoms with Crippen LogP contribution in [-0.2, 0) is 0 Å². The molecule has 0 atom stereocenters. The minimum absolute atomic E-state index is 0.936. The lowest BCUT2D eigenvalue weighted by molar-refractivity contribution is 1.32. The second-order valence-corrected chi connectivity index (χ2v) is 11.8. The minimum Gasteiger partial charge on any atom is -0.264 e. The lowest BCUT2D eigenvalue weighted by Gasteiger charge is -2.25. The van der Waals surface area contributed by atoms with Crippen molar-refractivity contribution >= 4 is 10.9 Å². The topological polar surface area (TPSA) is 25.8 Å². The third-order valence-corrected chi connectivity index (χ3v) is 9.15. The number of fused-ring (bicyclic) bond motifs is 9. The number of rotatable bonds is 3. The Morgan fingerprint density at radius 3 is 1.59 bits per heavy atom. The van der Waals surface area contributed by atoms with Gasteiger partial charge in [0.05, 0.1) is 11.2 Å². The van der Waals surface area contributed by atoms with Gasteiger partial charge in [-0.15, -0.1) is 0 Å². The monoisotopic (exact) mass is 584 g/mol. The van der Waals surface area contributed by atoms with Gasteiger partial charge in [0, 0.05) is 23.3 Å². The van der Waals surface area contributed by atoms with Crippen molar-refractivity contribution in [2.45, 2.75) is 0 Å². The van der Waals surface area contributed by atoms with Crippen molar-refractivity contribution < 1.29 is 0 Å². The van der Waals surface area contributed by atoms with Gasteiger partial charge in [-0.3, -0.25) is 4.98 Å². The smallest absolute Gasteiger partial charge is 0.0746 e. The highest BCUT2D eigenvalue weighted by atomic mass is 14.7. The van der Waals surface area contributed by atoms with Crippen LogP contribution in [0.15, 0.2) is 170 Å². The first-order chi connectivity index (χ1) is 22.8. The summed E-state index contributed by atoms with van der Waals surface area (Å²) in [6.07, 6.45) is 3.74. The number of hydrogen-bond donors (Lipinski definition) is 0. The maximum absolute atomic E-state index is 5.13. The van der Waals surface area contributed by atoms with Gasteiger partial charge in [-0.05, 0) is 85.0 Å². The fourth-order valence-electron chi connectivity index (χ4n) is 7.07. The number of pyridine rings is 2. The first-order valence-corrected chi connectivity index (χ1v) is 15.7. The fourth-order valence-corrected chi connectivity index (χ4v) is 7.07. The van der Waals surface area contributed by atoms with Gasteiger partial charge in [0.1, 0.15) is 0 Å². The molecule has 1 aliphatic carbocycles. The molecule has 0 N–H and O–H groups in total. The molecule has 2 nitrogen and oxygen atoms in total. The number of hydrogen-bond acceptors (Lipinski definition) is 2. The van der Waals surface area contributed by atoms with Crippen molar-refractivity contribution in [1.82, 2.24) is 9.97 Å². The van der Waals surface area contributed by atoms with Crippen molar-refractivity contribution in [3.8, 4) is 78.0 Å². The van der Waals surface area contributed by atoms with Crippen LogP contribution in [0.1, 0.15) is 0 Å². The first-order valence-electron chi connectivity index (χ1n) is 15.7. The van der Waals surface area contributed by atoms with Gasteiger partial charge < -0.3 is 0 Å². The van der Waals surface area contributed by atoms with Crippen LogP contribution >= 0.6 is 0 Å². The van der Waals surface area contributed by atoms with E-state index < -0.39 is 0 Å². The minimum atomic E-state index is 0.936. The Morgan fingerprint density at radius 2 is 0.870 bits per heavy atom. The van der Waals surface area contributed by atoms with E-state index in [1.54, 1.807) is 0 Å². The summed E-state index contributed by atoms with van der Waals surface area (Å²) in [5, 5.41) is 1.05. The van der Waals surface area contributed by atoms with Crippen LogP contribution in [0, 0.1) is 0 Å². The Kier molecular flexibility index (Phi) is 6.17. The summed E-state index contributed by atoms with van der Waals surface area (Å²) < 4.78 is 0. The molecule has 2 heterocycles. The zero-order valence-electron chi connectivity index (χ0n) is 25.1. The maximum atomic E-state index is 5.13. The summed E-state index contributed by atoms with van der Waals surface area (Å²) in [4.78, 5) is 9.55. The number of aromatic nitrogens is 2. The van der Waals surface area contributed by atoms with E-state index in [2.05, 4.69) is 157 Å². The molecule has 9 rings (SSSR count).